The maximum absolute atomic E-state index is 12.5. The van der Waals surface area contributed by atoms with Gasteiger partial charge in [0.1, 0.15) is 0 Å². The minimum atomic E-state index is -3.68. The molecule has 3 aromatic rings. The van der Waals surface area contributed by atoms with E-state index in [4.69, 9.17) is 11.6 Å². The van der Waals surface area contributed by atoms with Gasteiger partial charge in [0, 0.05) is 28.6 Å². The molecule has 0 saturated carbocycles. The highest BCUT2D eigenvalue weighted by Crippen LogP contribution is 2.21. The first-order valence-electron chi connectivity index (χ1n) is 9.64. The molecule has 0 heterocycles. The van der Waals surface area contributed by atoms with Crippen LogP contribution in [0.25, 0.3) is 0 Å². The van der Waals surface area contributed by atoms with Crippen molar-refractivity contribution in [2.45, 2.75) is 17.6 Å². The smallest absolute Gasteiger partial charge is 0.261 e. The molecule has 1 amide bonds. The van der Waals surface area contributed by atoms with Gasteiger partial charge >= 0.3 is 0 Å². The van der Waals surface area contributed by atoms with Gasteiger partial charge in [-0.1, -0.05) is 41.9 Å². The van der Waals surface area contributed by atoms with Crippen LogP contribution >= 0.6 is 23.4 Å². The molecule has 0 spiro atoms. The molecular weight excluding hydrogens is 452 g/mol. The Morgan fingerprint density at radius 1 is 1.00 bits per heavy atom. The molecule has 3 rings (SSSR count). The minimum Gasteiger partial charge on any atom is -0.351 e. The highest BCUT2D eigenvalue weighted by atomic mass is 35.5. The molecule has 0 fully saturated rings. The highest BCUT2D eigenvalue weighted by Gasteiger charge is 2.15. The first-order chi connectivity index (χ1) is 14.8. The van der Waals surface area contributed by atoms with Crippen LogP contribution in [0, 0.1) is 6.92 Å². The van der Waals surface area contributed by atoms with Gasteiger partial charge in [0.05, 0.1) is 10.6 Å². The van der Waals surface area contributed by atoms with Crippen molar-refractivity contribution in [1.82, 2.24) is 5.32 Å². The summed E-state index contributed by atoms with van der Waals surface area (Å²) in [6, 6.07) is 20.8. The number of halogens is 1. The second kappa shape index (κ2) is 10.7. The van der Waals surface area contributed by atoms with Crippen LogP contribution in [-0.2, 0) is 15.8 Å². The molecule has 0 atom stereocenters. The van der Waals surface area contributed by atoms with Crippen LogP contribution in [0.4, 0.5) is 5.69 Å². The topological polar surface area (TPSA) is 75.3 Å². The Hall–Kier alpha value is -2.48. The van der Waals surface area contributed by atoms with E-state index in [9.17, 15) is 13.2 Å². The summed E-state index contributed by atoms with van der Waals surface area (Å²) in [6.45, 7) is 2.31. The zero-order chi connectivity index (χ0) is 22.3. The van der Waals surface area contributed by atoms with Crippen LogP contribution < -0.4 is 10.0 Å². The predicted octanol–water partition coefficient (Wildman–Crippen LogP) is 5.11. The number of nitrogens with one attached hydrogen (secondary N) is 2. The third-order valence-corrected chi connectivity index (χ3v) is 7.16. The van der Waals surface area contributed by atoms with Crippen molar-refractivity contribution in [3.63, 3.8) is 0 Å². The number of carbonyl (C=O) groups excluding carboxylic acids is 1. The summed E-state index contributed by atoms with van der Waals surface area (Å²) in [5, 5.41) is 3.61. The maximum Gasteiger partial charge on any atom is 0.261 e. The average Bonchev–Trinajstić information content (AvgIpc) is 2.76. The maximum atomic E-state index is 12.5. The summed E-state index contributed by atoms with van der Waals surface area (Å²) in [4.78, 5) is 12.6. The van der Waals surface area contributed by atoms with Gasteiger partial charge in [0.25, 0.3) is 15.9 Å². The lowest BCUT2D eigenvalue weighted by Crippen LogP contribution is -2.26. The number of benzene rings is 3. The zero-order valence-corrected chi connectivity index (χ0v) is 19.4. The Morgan fingerprint density at radius 3 is 2.39 bits per heavy atom. The number of hydrogen-bond donors (Lipinski definition) is 2. The highest BCUT2D eigenvalue weighted by molar-refractivity contribution is 7.98. The monoisotopic (exact) mass is 474 g/mol. The molecule has 3 aromatic carbocycles. The van der Waals surface area contributed by atoms with E-state index in [2.05, 4.69) is 10.0 Å². The molecule has 0 bridgehead atoms. The third kappa shape index (κ3) is 6.75. The number of rotatable bonds is 9. The molecule has 8 heteroatoms. The summed E-state index contributed by atoms with van der Waals surface area (Å²) in [6.07, 6.45) is 0. The van der Waals surface area contributed by atoms with Gasteiger partial charge in [0.15, 0.2) is 0 Å². The predicted molar refractivity (Wildman–Crippen MR) is 128 cm³/mol. The molecule has 0 radical (unpaired) electrons. The molecule has 31 heavy (non-hydrogen) atoms. The van der Waals surface area contributed by atoms with Crippen molar-refractivity contribution in [3.05, 3.63) is 94.5 Å². The van der Waals surface area contributed by atoms with Crippen molar-refractivity contribution in [2.24, 2.45) is 0 Å². The molecule has 5 nitrogen and oxygen atoms in total. The van der Waals surface area contributed by atoms with Crippen LogP contribution in [-0.4, -0.2) is 26.6 Å². The largest absolute Gasteiger partial charge is 0.351 e. The fraction of sp³-hybridized carbons (Fsp3) is 0.174. The van der Waals surface area contributed by atoms with Gasteiger partial charge in [-0.15, -0.1) is 0 Å². The van der Waals surface area contributed by atoms with Crippen LogP contribution in [0.3, 0.4) is 0 Å². The quantitative estimate of drug-likeness (QED) is 0.422. The van der Waals surface area contributed by atoms with Gasteiger partial charge in [-0.3, -0.25) is 9.52 Å². The van der Waals surface area contributed by atoms with Crippen molar-refractivity contribution in [2.75, 3.05) is 17.0 Å². The van der Waals surface area contributed by atoms with Gasteiger partial charge in [0.2, 0.25) is 0 Å². The molecule has 0 saturated heterocycles. The summed E-state index contributed by atoms with van der Waals surface area (Å²) in [5.74, 6) is 1.44. The number of hydrogen-bond acceptors (Lipinski definition) is 4. The summed E-state index contributed by atoms with van der Waals surface area (Å²) in [7, 11) is -3.68. The molecule has 2 N–H and O–H groups in total. The van der Waals surface area contributed by atoms with Crippen molar-refractivity contribution in [1.29, 1.82) is 0 Å². The Bertz CT molecular complexity index is 1140. The normalized spacial score (nSPS) is 11.2. The van der Waals surface area contributed by atoms with Crippen molar-refractivity contribution >= 4 is 45.0 Å². The number of sulfonamides is 1. The van der Waals surface area contributed by atoms with E-state index in [0.29, 0.717) is 23.4 Å². The fourth-order valence-electron chi connectivity index (χ4n) is 2.83. The van der Waals surface area contributed by atoms with Gasteiger partial charge in [-0.25, -0.2) is 8.42 Å². The first-order valence-corrected chi connectivity index (χ1v) is 12.7. The number of amides is 1. The molecule has 0 aliphatic carbocycles. The van der Waals surface area contributed by atoms with Crippen molar-refractivity contribution < 1.29 is 13.2 Å². The van der Waals surface area contributed by atoms with E-state index in [0.717, 1.165) is 16.5 Å². The molecule has 162 valence electrons. The zero-order valence-electron chi connectivity index (χ0n) is 17.0. The Kier molecular flexibility index (Phi) is 8.01. The molecule has 0 aliphatic rings. The standard InChI is InChI=1S/C23H23ClN2O3S2/c1-17-15-19(9-12-22(17)26-31(28,29)21-5-3-2-4-6-21)23(27)25-13-14-30-16-18-7-10-20(24)11-8-18/h2-12,15,26H,13-14,16H2,1H3,(H,25,27). The number of thioether (sulfide) groups is 1. The SMILES string of the molecule is Cc1cc(C(=O)NCCSCc2ccc(Cl)cc2)ccc1NS(=O)(=O)c1ccccc1. The Labute approximate surface area is 192 Å². The van der Waals surface area contributed by atoms with E-state index in [1.54, 1.807) is 55.1 Å². The number of aryl methyl sites for hydroxylation is 1. The third-order valence-electron chi connectivity index (χ3n) is 4.50. The molecule has 0 aromatic heterocycles. The second-order valence-corrected chi connectivity index (χ2v) is 10.1. The van der Waals surface area contributed by atoms with Crippen LogP contribution in [0.2, 0.25) is 5.02 Å². The summed E-state index contributed by atoms with van der Waals surface area (Å²) in [5.41, 5.74) is 2.79. The second-order valence-electron chi connectivity index (χ2n) is 6.88. The lowest BCUT2D eigenvalue weighted by atomic mass is 10.1. The van der Waals surface area contributed by atoms with Crippen LogP contribution in [0.5, 0.6) is 0 Å². The van der Waals surface area contributed by atoms with E-state index < -0.39 is 10.0 Å². The van der Waals surface area contributed by atoms with Crippen molar-refractivity contribution in [3.8, 4) is 0 Å². The molecule has 0 aliphatic heterocycles. The van der Waals surface area contributed by atoms with Crippen LogP contribution in [0.15, 0.2) is 77.7 Å². The number of anilines is 1. The summed E-state index contributed by atoms with van der Waals surface area (Å²) < 4.78 is 27.6. The Balaban J connectivity index is 1.50. The summed E-state index contributed by atoms with van der Waals surface area (Å²) >= 11 is 7.61. The minimum absolute atomic E-state index is 0.187. The van der Waals surface area contributed by atoms with E-state index in [-0.39, 0.29) is 10.8 Å². The fourth-order valence-corrected chi connectivity index (χ4v) is 4.93. The van der Waals surface area contributed by atoms with Gasteiger partial charge in [-0.2, -0.15) is 11.8 Å². The van der Waals surface area contributed by atoms with E-state index >= 15 is 0 Å². The average molecular weight is 475 g/mol. The Morgan fingerprint density at radius 2 is 1.71 bits per heavy atom. The van der Waals surface area contributed by atoms with Crippen LogP contribution in [0.1, 0.15) is 21.5 Å². The lowest BCUT2D eigenvalue weighted by Gasteiger charge is -2.12. The first kappa shape index (κ1) is 23.2. The lowest BCUT2D eigenvalue weighted by molar-refractivity contribution is 0.0956. The number of carbonyl (C=O) groups is 1. The van der Waals surface area contributed by atoms with E-state index in [1.807, 2.05) is 24.3 Å². The van der Waals surface area contributed by atoms with E-state index in [1.165, 1.54) is 17.7 Å². The van der Waals surface area contributed by atoms with Gasteiger partial charge in [-0.05, 0) is 60.5 Å². The molecule has 0 unspecified atom stereocenters. The molecular formula is C23H23ClN2O3S2. The van der Waals surface area contributed by atoms with Gasteiger partial charge < -0.3 is 5.32 Å².